The zero-order valence-corrected chi connectivity index (χ0v) is 8.10. The van der Waals surface area contributed by atoms with E-state index in [1.54, 1.807) is 0 Å². The predicted octanol–water partition coefficient (Wildman–Crippen LogP) is 2.23. The molecule has 0 aliphatic rings. The SMILES string of the molecule is Cc1ccc2nc(/C=C/C(=O)O)oc2c1. The van der Waals surface area contributed by atoms with Crippen LogP contribution in [-0.2, 0) is 4.79 Å². The van der Waals surface area contributed by atoms with E-state index in [-0.39, 0.29) is 0 Å². The number of benzene rings is 1. The molecule has 2 rings (SSSR count). The maximum atomic E-state index is 10.3. The van der Waals surface area contributed by atoms with Crippen molar-refractivity contribution in [3.8, 4) is 0 Å². The standard InChI is InChI=1S/C11H9NO3/c1-7-2-3-8-9(6-7)15-10(12-8)4-5-11(13)14/h2-6H,1H3,(H,13,14)/b5-4+. The molecule has 1 heterocycles. The van der Waals surface area contributed by atoms with E-state index in [2.05, 4.69) is 4.98 Å². The van der Waals surface area contributed by atoms with Gasteiger partial charge in [0, 0.05) is 12.2 Å². The molecule has 2 aromatic rings. The first-order valence-electron chi connectivity index (χ1n) is 4.43. The number of oxazole rings is 1. The second-order valence-corrected chi connectivity index (χ2v) is 3.19. The van der Waals surface area contributed by atoms with Crippen molar-refractivity contribution in [1.82, 2.24) is 4.98 Å². The van der Waals surface area contributed by atoms with Crippen LogP contribution < -0.4 is 0 Å². The van der Waals surface area contributed by atoms with E-state index < -0.39 is 5.97 Å². The highest BCUT2D eigenvalue weighted by atomic mass is 16.4. The Bertz CT molecular complexity index is 540. The van der Waals surface area contributed by atoms with Gasteiger partial charge in [0.05, 0.1) is 0 Å². The van der Waals surface area contributed by atoms with Gasteiger partial charge < -0.3 is 9.52 Å². The molecule has 0 radical (unpaired) electrons. The molecule has 0 fully saturated rings. The second kappa shape index (κ2) is 3.57. The monoisotopic (exact) mass is 203 g/mol. The number of carboxylic acid groups (broad SMARTS) is 1. The molecule has 0 amide bonds. The number of carbonyl (C=O) groups is 1. The highest BCUT2D eigenvalue weighted by Crippen LogP contribution is 2.17. The van der Waals surface area contributed by atoms with Gasteiger partial charge in [0.25, 0.3) is 0 Å². The smallest absolute Gasteiger partial charge is 0.328 e. The van der Waals surface area contributed by atoms with Gasteiger partial charge in [-0.25, -0.2) is 9.78 Å². The highest BCUT2D eigenvalue weighted by Gasteiger charge is 2.02. The summed E-state index contributed by atoms with van der Waals surface area (Å²) in [6.07, 6.45) is 2.33. The Balaban J connectivity index is 2.43. The molecule has 0 saturated carbocycles. The first kappa shape index (κ1) is 9.45. The third-order valence-corrected chi connectivity index (χ3v) is 1.93. The summed E-state index contributed by atoms with van der Waals surface area (Å²) in [6.45, 7) is 1.95. The van der Waals surface area contributed by atoms with Crippen molar-refractivity contribution in [2.24, 2.45) is 0 Å². The van der Waals surface area contributed by atoms with Gasteiger partial charge in [-0.15, -0.1) is 0 Å². The van der Waals surface area contributed by atoms with Crippen molar-refractivity contribution in [3.05, 3.63) is 35.7 Å². The minimum Gasteiger partial charge on any atom is -0.478 e. The molecule has 0 saturated heterocycles. The summed E-state index contributed by atoms with van der Waals surface area (Å²) in [7, 11) is 0. The lowest BCUT2D eigenvalue weighted by molar-refractivity contribution is -0.131. The fourth-order valence-electron chi connectivity index (χ4n) is 1.26. The number of nitrogens with zero attached hydrogens (tertiary/aromatic N) is 1. The van der Waals surface area contributed by atoms with Gasteiger partial charge in [-0.3, -0.25) is 0 Å². The Morgan fingerprint density at radius 2 is 2.33 bits per heavy atom. The molecule has 4 heteroatoms. The average Bonchev–Trinajstić information content (AvgIpc) is 2.56. The lowest BCUT2D eigenvalue weighted by Crippen LogP contribution is -1.85. The third-order valence-electron chi connectivity index (χ3n) is 1.93. The fourth-order valence-corrected chi connectivity index (χ4v) is 1.26. The third kappa shape index (κ3) is 2.04. The van der Waals surface area contributed by atoms with Gasteiger partial charge in [-0.1, -0.05) is 6.07 Å². The molecule has 0 bridgehead atoms. The highest BCUT2D eigenvalue weighted by molar-refractivity contribution is 5.85. The second-order valence-electron chi connectivity index (χ2n) is 3.19. The Labute approximate surface area is 85.9 Å². The van der Waals surface area contributed by atoms with Crippen molar-refractivity contribution in [1.29, 1.82) is 0 Å². The summed E-state index contributed by atoms with van der Waals surface area (Å²) >= 11 is 0. The number of hydrogen-bond donors (Lipinski definition) is 1. The normalized spacial score (nSPS) is 11.3. The Kier molecular flexibility index (Phi) is 2.25. The molecule has 76 valence electrons. The summed E-state index contributed by atoms with van der Waals surface area (Å²) in [5, 5.41) is 8.44. The lowest BCUT2D eigenvalue weighted by atomic mass is 10.2. The first-order valence-corrected chi connectivity index (χ1v) is 4.43. The number of fused-ring (bicyclic) bond motifs is 1. The minimum atomic E-state index is -1.02. The lowest BCUT2D eigenvalue weighted by Gasteiger charge is -1.87. The van der Waals surface area contributed by atoms with Gasteiger partial charge in [0.15, 0.2) is 5.58 Å². The number of aryl methyl sites for hydroxylation is 1. The van der Waals surface area contributed by atoms with Crippen LogP contribution in [0.25, 0.3) is 17.2 Å². The van der Waals surface area contributed by atoms with Crippen molar-refractivity contribution in [3.63, 3.8) is 0 Å². The van der Waals surface area contributed by atoms with Crippen LogP contribution in [0.3, 0.4) is 0 Å². The largest absolute Gasteiger partial charge is 0.478 e. The predicted molar refractivity (Wildman–Crippen MR) is 55.4 cm³/mol. The summed E-state index contributed by atoms with van der Waals surface area (Å²) in [4.78, 5) is 14.4. The molecule has 1 aromatic heterocycles. The van der Waals surface area contributed by atoms with E-state index in [0.29, 0.717) is 11.5 Å². The molecular weight excluding hydrogens is 194 g/mol. The van der Waals surface area contributed by atoms with Gasteiger partial charge >= 0.3 is 5.97 Å². The zero-order valence-electron chi connectivity index (χ0n) is 8.10. The number of carboxylic acids is 1. The van der Waals surface area contributed by atoms with Crippen LogP contribution in [0.2, 0.25) is 0 Å². The number of hydrogen-bond acceptors (Lipinski definition) is 3. The van der Waals surface area contributed by atoms with Crippen LogP contribution in [0, 0.1) is 6.92 Å². The van der Waals surface area contributed by atoms with E-state index >= 15 is 0 Å². The minimum absolute atomic E-state index is 0.304. The Morgan fingerprint density at radius 1 is 1.53 bits per heavy atom. The molecule has 15 heavy (non-hydrogen) atoms. The molecule has 0 aliphatic heterocycles. The van der Waals surface area contributed by atoms with Crippen molar-refractivity contribution < 1.29 is 14.3 Å². The molecule has 1 N–H and O–H groups in total. The Morgan fingerprint density at radius 3 is 3.07 bits per heavy atom. The van der Waals surface area contributed by atoms with Crippen LogP contribution >= 0.6 is 0 Å². The van der Waals surface area contributed by atoms with E-state index in [9.17, 15) is 4.79 Å². The topological polar surface area (TPSA) is 63.3 Å². The van der Waals surface area contributed by atoms with Crippen molar-refractivity contribution in [2.75, 3.05) is 0 Å². The Hall–Kier alpha value is -2.10. The molecule has 0 aliphatic carbocycles. The summed E-state index contributed by atoms with van der Waals surface area (Å²) in [5.74, 6) is -0.716. The fraction of sp³-hybridized carbons (Fsp3) is 0.0909. The van der Waals surface area contributed by atoms with E-state index in [1.165, 1.54) is 6.08 Å². The number of rotatable bonds is 2. The van der Waals surface area contributed by atoms with Crippen LogP contribution in [0.1, 0.15) is 11.5 Å². The quantitative estimate of drug-likeness (QED) is 0.760. The molecule has 0 spiro atoms. The first-order chi connectivity index (χ1) is 7.15. The molecule has 4 nitrogen and oxygen atoms in total. The van der Waals surface area contributed by atoms with E-state index in [4.69, 9.17) is 9.52 Å². The van der Waals surface area contributed by atoms with Crippen molar-refractivity contribution in [2.45, 2.75) is 6.92 Å². The van der Waals surface area contributed by atoms with Gasteiger partial charge in [0.1, 0.15) is 5.52 Å². The van der Waals surface area contributed by atoms with Gasteiger partial charge in [-0.2, -0.15) is 0 Å². The van der Waals surface area contributed by atoms with Crippen LogP contribution in [0.4, 0.5) is 0 Å². The molecule has 0 atom stereocenters. The van der Waals surface area contributed by atoms with Gasteiger partial charge in [-0.05, 0) is 24.6 Å². The zero-order chi connectivity index (χ0) is 10.8. The van der Waals surface area contributed by atoms with Crippen LogP contribution in [0.5, 0.6) is 0 Å². The van der Waals surface area contributed by atoms with E-state index in [1.807, 2.05) is 25.1 Å². The molecule has 0 unspecified atom stereocenters. The molecular formula is C11H9NO3. The summed E-state index contributed by atoms with van der Waals surface area (Å²) in [6, 6.07) is 5.63. The number of aromatic nitrogens is 1. The van der Waals surface area contributed by atoms with Crippen molar-refractivity contribution >= 4 is 23.1 Å². The summed E-state index contributed by atoms with van der Waals surface area (Å²) < 4.78 is 5.34. The summed E-state index contributed by atoms with van der Waals surface area (Å²) in [5.41, 5.74) is 2.47. The molecule has 1 aromatic carbocycles. The maximum Gasteiger partial charge on any atom is 0.328 e. The van der Waals surface area contributed by atoms with E-state index in [0.717, 1.165) is 17.2 Å². The van der Waals surface area contributed by atoms with Crippen LogP contribution in [-0.4, -0.2) is 16.1 Å². The number of aliphatic carboxylic acids is 1. The van der Waals surface area contributed by atoms with Crippen LogP contribution in [0.15, 0.2) is 28.7 Å². The average molecular weight is 203 g/mol. The van der Waals surface area contributed by atoms with Gasteiger partial charge in [0.2, 0.25) is 5.89 Å². The maximum absolute atomic E-state index is 10.3.